The smallest absolute Gasteiger partial charge is 0.206 e. The molecule has 0 saturated heterocycles. The minimum absolute atomic E-state index is 0.00843. The molecule has 0 fully saturated rings. The van der Waals surface area contributed by atoms with Crippen molar-refractivity contribution in [2.75, 3.05) is 21.0 Å². The van der Waals surface area contributed by atoms with Crippen molar-refractivity contribution in [3.05, 3.63) is 76.3 Å². The molecule has 0 aromatic heterocycles. The van der Waals surface area contributed by atoms with Crippen molar-refractivity contribution in [2.45, 2.75) is 16.4 Å². The van der Waals surface area contributed by atoms with Gasteiger partial charge in [-0.15, -0.1) is 0 Å². The van der Waals surface area contributed by atoms with Crippen molar-refractivity contribution in [3.8, 4) is 17.2 Å². The van der Waals surface area contributed by atoms with Gasteiger partial charge in [0.25, 0.3) is 0 Å². The summed E-state index contributed by atoms with van der Waals surface area (Å²) in [7, 11) is -1.04. The summed E-state index contributed by atoms with van der Waals surface area (Å²) in [5, 5.41) is 0.107. The normalized spacial score (nSPS) is 11.2. The number of halogens is 2. The molecule has 164 valence electrons. The molecular formula is C22H20Cl2O6S. The van der Waals surface area contributed by atoms with Crippen molar-refractivity contribution >= 4 is 33.0 Å². The third-order valence-electron chi connectivity index (χ3n) is 4.29. The van der Waals surface area contributed by atoms with E-state index in [1.807, 2.05) is 30.3 Å². The van der Waals surface area contributed by atoms with E-state index in [-0.39, 0.29) is 38.1 Å². The van der Waals surface area contributed by atoms with Gasteiger partial charge in [0.05, 0.1) is 26.9 Å². The first-order valence-corrected chi connectivity index (χ1v) is 11.3. The maximum absolute atomic E-state index is 13.1. The lowest BCUT2D eigenvalue weighted by molar-refractivity contribution is 0.0512. The highest BCUT2D eigenvalue weighted by Crippen LogP contribution is 2.38. The van der Waals surface area contributed by atoms with Gasteiger partial charge in [-0.2, -0.15) is 0 Å². The first kappa shape index (κ1) is 23.2. The minimum atomic E-state index is -3.93. The van der Waals surface area contributed by atoms with Gasteiger partial charge in [-0.1, -0.05) is 53.5 Å². The maximum atomic E-state index is 13.1. The lowest BCUT2D eigenvalue weighted by Gasteiger charge is -2.14. The Labute approximate surface area is 191 Å². The van der Waals surface area contributed by atoms with Gasteiger partial charge in [-0.05, 0) is 29.8 Å². The fourth-order valence-electron chi connectivity index (χ4n) is 2.75. The maximum Gasteiger partial charge on any atom is 0.206 e. The summed E-state index contributed by atoms with van der Waals surface area (Å²) in [6.07, 6.45) is 0. The fourth-order valence-corrected chi connectivity index (χ4v) is 4.81. The molecule has 3 aromatic carbocycles. The van der Waals surface area contributed by atoms with Crippen molar-refractivity contribution in [1.82, 2.24) is 0 Å². The standard InChI is InChI=1S/C22H20Cl2O6S/c1-27-14-30-22-18(23)10-17(11-19(22)24)31(25,26)16-8-9-20(21(12-16)28-2)29-13-15-6-4-3-5-7-15/h3-12H,13-14H2,1-2H3. The Kier molecular flexibility index (Phi) is 7.67. The van der Waals surface area contributed by atoms with E-state index in [1.165, 1.54) is 38.5 Å². The number of sulfone groups is 1. The first-order chi connectivity index (χ1) is 14.9. The van der Waals surface area contributed by atoms with E-state index in [0.29, 0.717) is 12.4 Å². The van der Waals surface area contributed by atoms with Crippen LogP contribution in [0.3, 0.4) is 0 Å². The number of benzene rings is 3. The SMILES string of the molecule is COCOc1c(Cl)cc(S(=O)(=O)c2ccc(OCc3ccccc3)c(OC)c2)cc1Cl. The molecule has 0 amide bonds. The van der Waals surface area contributed by atoms with Crippen molar-refractivity contribution in [3.63, 3.8) is 0 Å². The van der Waals surface area contributed by atoms with Crippen LogP contribution >= 0.6 is 23.2 Å². The molecule has 3 aromatic rings. The van der Waals surface area contributed by atoms with Crippen LogP contribution in [0, 0.1) is 0 Å². The summed E-state index contributed by atoms with van der Waals surface area (Å²) in [4.78, 5) is -0.0682. The van der Waals surface area contributed by atoms with E-state index in [4.69, 9.17) is 42.1 Å². The van der Waals surface area contributed by atoms with Gasteiger partial charge in [0.2, 0.25) is 9.84 Å². The van der Waals surface area contributed by atoms with Gasteiger partial charge < -0.3 is 18.9 Å². The summed E-state index contributed by atoms with van der Waals surface area (Å²) >= 11 is 12.3. The molecule has 3 rings (SSSR count). The van der Waals surface area contributed by atoms with Crippen LogP contribution in [0.1, 0.15) is 5.56 Å². The second-order valence-electron chi connectivity index (χ2n) is 6.36. The molecule has 0 aliphatic carbocycles. The third-order valence-corrected chi connectivity index (χ3v) is 6.58. The molecule has 0 aliphatic heterocycles. The van der Waals surface area contributed by atoms with Crippen LogP contribution in [-0.4, -0.2) is 29.4 Å². The van der Waals surface area contributed by atoms with Gasteiger partial charge in [0.1, 0.15) is 6.61 Å². The Morgan fingerprint density at radius 2 is 1.48 bits per heavy atom. The van der Waals surface area contributed by atoms with Gasteiger partial charge in [-0.3, -0.25) is 0 Å². The van der Waals surface area contributed by atoms with E-state index >= 15 is 0 Å². The van der Waals surface area contributed by atoms with Crippen LogP contribution in [0.5, 0.6) is 17.2 Å². The number of methoxy groups -OCH3 is 2. The molecule has 0 radical (unpaired) electrons. The predicted molar refractivity (Wildman–Crippen MR) is 118 cm³/mol. The lowest BCUT2D eigenvalue weighted by Crippen LogP contribution is -2.05. The highest BCUT2D eigenvalue weighted by molar-refractivity contribution is 7.91. The van der Waals surface area contributed by atoms with Crippen molar-refractivity contribution in [2.24, 2.45) is 0 Å². The van der Waals surface area contributed by atoms with Gasteiger partial charge in [0, 0.05) is 13.2 Å². The summed E-state index contributed by atoms with van der Waals surface area (Å²) in [6, 6.07) is 16.5. The quantitative estimate of drug-likeness (QED) is 0.380. The van der Waals surface area contributed by atoms with Crippen LogP contribution in [0.4, 0.5) is 0 Å². The van der Waals surface area contributed by atoms with E-state index < -0.39 is 9.84 Å². The van der Waals surface area contributed by atoms with Crippen molar-refractivity contribution < 1.29 is 27.4 Å². The molecule has 0 N–H and O–H groups in total. The molecule has 0 aliphatic rings. The van der Waals surface area contributed by atoms with Crippen LogP contribution in [0.2, 0.25) is 10.0 Å². The minimum Gasteiger partial charge on any atom is -0.493 e. The Hall–Kier alpha value is -2.45. The second kappa shape index (κ2) is 10.2. The molecule has 31 heavy (non-hydrogen) atoms. The lowest BCUT2D eigenvalue weighted by atomic mass is 10.2. The summed E-state index contributed by atoms with van der Waals surface area (Å²) in [5.74, 6) is 0.852. The number of hydrogen-bond donors (Lipinski definition) is 0. The summed E-state index contributed by atoms with van der Waals surface area (Å²) in [5.41, 5.74) is 0.973. The van der Waals surface area contributed by atoms with E-state index in [0.717, 1.165) is 5.56 Å². The Balaban J connectivity index is 1.89. The van der Waals surface area contributed by atoms with E-state index in [9.17, 15) is 8.42 Å². The fraction of sp³-hybridized carbons (Fsp3) is 0.182. The zero-order chi connectivity index (χ0) is 22.4. The monoisotopic (exact) mass is 482 g/mol. The number of ether oxygens (including phenoxy) is 4. The Morgan fingerprint density at radius 1 is 0.806 bits per heavy atom. The molecular weight excluding hydrogens is 463 g/mol. The van der Waals surface area contributed by atoms with Gasteiger partial charge in [0.15, 0.2) is 24.0 Å². The zero-order valence-corrected chi connectivity index (χ0v) is 19.1. The van der Waals surface area contributed by atoms with Crippen LogP contribution in [-0.2, 0) is 21.2 Å². The molecule has 6 nitrogen and oxygen atoms in total. The van der Waals surface area contributed by atoms with Gasteiger partial charge >= 0.3 is 0 Å². The molecule has 0 saturated carbocycles. The first-order valence-electron chi connectivity index (χ1n) is 9.07. The molecule has 0 heterocycles. The average Bonchev–Trinajstić information content (AvgIpc) is 2.77. The Morgan fingerprint density at radius 3 is 2.10 bits per heavy atom. The van der Waals surface area contributed by atoms with E-state index in [2.05, 4.69) is 0 Å². The van der Waals surface area contributed by atoms with Crippen LogP contribution < -0.4 is 14.2 Å². The largest absolute Gasteiger partial charge is 0.493 e. The number of hydrogen-bond acceptors (Lipinski definition) is 6. The Bertz CT molecular complexity index is 1130. The highest BCUT2D eigenvalue weighted by atomic mass is 35.5. The van der Waals surface area contributed by atoms with Gasteiger partial charge in [-0.25, -0.2) is 8.42 Å². The predicted octanol–water partition coefficient (Wildman–Crippen LogP) is 5.40. The molecule has 0 atom stereocenters. The summed E-state index contributed by atoms with van der Waals surface area (Å²) < 4.78 is 47.5. The average molecular weight is 483 g/mol. The van der Waals surface area contributed by atoms with Crippen LogP contribution in [0.15, 0.2) is 70.5 Å². The van der Waals surface area contributed by atoms with Crippen molar-refractivity contribution in [1.29, 1.82) is 0 Å². The molecule has 9 heteroatoms. The topological polar surface area (TPSA) is 71.1 Å². The molecule has 0 bridgehead atoms. The summed E-state index contributed by atoms with van der Waals surface area (Å²) in [6.45, 7) is 0.241. The second-order valence-corrected chi connectivity index (χ2v) is 9.12. The zero-order valence-electron chi connectivity index (χ0n) is 16.8. The molecule has 0 spiro atoms. The number of rotatable bonds is 9. The van der Waals surface area contributed by atoms with E-state index in [1.54, 1.807) is 6.07 Å². The highest BCUT2D eigenvalue weighted by Gasteiger charge is 2.23. The van der Waals surface area contributed by atoms with Crippen LogP contribution in [0.25, 0.3) is 0 Å². The third kappa shape index (κ3) is 5.43. The molecule has 0 unspecified atom stereocenters.